The van der Waals surface area contributed by atoms with Crippen molar-refractivity contribution in [2.45, 2.75) is 44.2 Å². The molecule has 1 aromatic carbocycles. The van der Waals surface area contributed by atoms with Crippen molar-refractivity contribution < 1.29 is 0 Å². The third-order valence-corrected chi connectivity index (χ3v) is 3.73. The number of fused-ring (bicyclic) bond motifs is 2. The molecule has 0 radical (unpaired) electrons. The van der Waals surface area contributed by atoms with Crippen molar-refractivity contribution in [2.24, 2.45) is 0 Å². The molecule has 0 aromatic heterocycles. The maximum Gasteiger partial charge on any atom is 0.00957 e. The number of hydrogen-bond donors (Lipinski definition) is 0. The summed E-state index contributed by atoms with van der Waals surface area (Å²) in [4.78, 5) is 2.59. The van der Waals surface area contributed by atoms with Crippen LogP contribution >= 0.6 is 0 Å². The van der Waals surface area contributed by atoms with E-state index in [0.717, 1.165) is 12.1 Å². The van der Waals surface area contributed by atoms with Gasteiger partial charge in [0.15, 0.2) is 0 Å². The van der Waals surface area contributed by atoms with E-state index in [0.29, 0.717) is 0 Å². The Morgan fingerprint density at radius 3 is 1.47 bits per heavy atom. The molecule has 15 heavy (non-hydrogen) atoms. The number of nitrogens with zero attached hydrogens (tertiary/aromatic N) is 1. The summed E-state index contributed by atoms with van der Waals surface area (Å²) >= 11 is 0. The second-order valence-electron chi connectivity index (χ2n) is 4.64. The Kier molecular flexibility index (Phi) is 3.79. The molecule has 2 aliphatic rings. The van der Waals surface area contributed by atoms with Gasteiger partial charge in [0.1, 0.15) is 0 Å². The Morgan fingerprint density at radius 2 is 1.13 bits per heavy atom. The van der Waals surface area contributed by atoms with Gasteiger partial charge in [-0.05, 0) is 32.7 Å². The van der Waals surface area contributed by atoms with Gasteiger partial charge in [-0.3, -0.25) is 0 Å². The van der Waals surface area contributed by atoms with Crippen LogP contribution in [0.3, 0.4) is 0 Å². The summed E-state index contributed by atoms with van der Waals surface area (Å²) in [6.07, 6.45) is 7.36. The zero-order valence-corrected chi connectivity index (χ0v) is 9.60. The van der Waals surface area contributed by atoms with Crippen LogP contribution < -0.4 is 0 Å². The lowest BCUT2D eigenvalue weighted by atomic mass is 10.0. The molecule has 2 aliphatic heterocycles. The number of rotatable bonds is 0. The molecule has 2 atom stereocenters. The average molecular weight is 203 g/mol. The quantitative estimate of drug-likeness (QED) is 0.625. The smallest absolute Gasteiger partial charge is 0.00957 e. The molecule has 2 fully saturated rings. The minimum atomic E-state index is 0.962. The van der Waals surface area contributed by atoms with E-state index in [1.165, 1.54) is 32.1 Å². The zero-order chi connectivity index (χ0) is 10.5. The first-order valence-electron chi connectivity index (χ1n) is 6.10. The molecule has 3 rings (SSSR count). The van der Waals surface area contributed by atoms with Crippen molar-refractivity contribution in [1.82, 2.24) is 4.90 Å². The first-order valence-corrected chi connectivity index (χ1v) is 6.10. The van der Waals surface area contributed by atoms with E-state index in [2.05, 4.69) is 11.9 Å². The largest absolute Gasteiger partial charge is 0.300 e. The maximum absolute atomic E-state index is 2.59. The number of piperidine rings is 1. The summed E-state index contributed by atoms with van der Waals surface area (Å²) in [6.45, 7) is 0. The van der Waals surface area contributed by atoms with E-state index in [9.17, 15) is 0 Å². The molecule has 0 aliphatic carbocycles. The van der Waals surface area contributed by atoms with Crippen molar-refractivity contribution in [3.8, 4) is 0 Å². The number of benzene rings is 1. The fourth-order valence-corrected chi connectivity index (χ4v) is 2.76. The average Bonchev–Trinajstić information content (AvgIpc) is 2.56. The normalized spacial score (nSPS) is 29.4. The molecule has 2 saturated heterocycles. The van der Waals surface area contributed by atoms with E-state index in [-0.39, 0.29) is 0 Å². The first-order chi connectivity index (χ1) is 7.38. The van der Waals surface area contributed by atoms with Crippen molar-refractivity contribution in [1.29, 1.82) is 0 Å². The van der Waals surface area contributed by atoms with E-state index in [4.69, 9.17) is 0 Å². The van der Waals surface area contributed by atoms with Crippen LogP contribution in [0, 0.1) is 0 Å². The van der Waals surface area contributed by atoms with Crippen molar-refractivity contribution in [3.63, 3.8) is 0 Å². The molecule has 1 nitrogen and oxygen atoms in total. The van der Waals surface area contributed by atoms with Gasteiger partial charge in [-0.1, -0.05) is 42.8 Å². The molecule has 82 valence electrons. The van der Waals surface area contributed by atoms with Crippen LogP contribution in [0.25, 0.3) is 0 Å². The Morgan fingerprint density at radius 1 is 0.733 bits per heavy atom. The van der Waals surface area contributed by atoms with E-state index < -0.39 is 0 Å². The fraction of sp³-hybridized carbons (Fsp3) is 0.571. The second-order valence-corrected chi connectivity index (χ2v) is 4.64. The molecule has 2 bridgehead atoms. The summed E-state index contributed by atoms with van der Waals surface area (Å²) in [6, 6.07) is 13.9. The Bertz CT molecular complexity index is 227. The lowest BCUT2D eigenvalue weighted by molar-refractivity contribution is 0.179. The van der Waals surface area contributed by atoms with Crippen LogP contribution in [-0.2, 0) is 0 Å². The summed E-state index contributed by atoms with van der Waals surface area (Å²) < 4.78 is 0. The van der Waals surface area contributed by atoms with Gasteiger partial charge in [-0.25, -0.2) is 0 Å². The molecule has 2 heterocycles. The minimum Gasteiger partial charge on any atom is -0.300 e. The third-order valence-electron chi connectivity index (χ3n) is 3.73. The van der Waals surface area contributed by atoms with Crippen molar-refractivity contribution in [2.75, 3.05) is 7.05 Å². The highest BCUT2D eigenvalue weighted by Crippen LogP contribution is 2.33. The Labute approximate surface area is 93.1 Å². The molecular weight excluding hydrogens is 182 g/mol. The predicted octanol–water partition coefficient (Wildman–Crippen LogP) is 3.32. The maximum atomic E-state index is 2.59. The van der Waals surface area contributed by atoms with E-state index in [1.54, 1.807) is 0 Å². The predicted molar refractivity (Wildman–Crippen MR) is 64.9 cm³/mol. The van der Waals surface area contributed by atoms with Crippen LogP contribution in [0.15, 0.2) is 36.4 Å². The molecule has 0 unspecified atom stereocenters. The van der Waals surface area contributed by atoms with Gasteiger partial charge >= 0.3 is 0 Å². The van der Waals surface area contributed by atoms with Gasteiger partial charge in [0.2, 0.25) is 0 Å². The third kappa shape index (κ3) is 2.82. The van der Waals surface area contributed by atoms with Crippen LogP contribution in [0.2, 0.25) is 0 Å². The Balaban J connectivity index is 0.000000124. The highest BCUT2D eigenvalue weighted by atomic mass is 15.2. The molecule has 0 amide bonds. The number of hydrogen-bond acceptors (Lipinski definition) is 1. The summed E-state index contributed by atoms with van der Waals surface area (Å²) in [5.41, 5.74) is 0. The van der Waals surface area contributed by atoms with Gasteiger partial charge < -0.3 is 4.90 Å². The monoisotopic (exact) mass is 203 g/mol. The SMILES string of the molecule is CN1[C@@H]2CCC[C@H]1CC2.c1ccccc1. The van der Waals surface area contributed by atoms with Gasteiger partial charge in [0.05, 0.1) is 0 Å². The summed E-state index contributed by atoms with van der Waals surface area (Å²) in [5, 5.41) is 0. The van der Waals surface area contributed by atoms with Gasteiger partial charge in [0.25, 0.3) is 0 Å². The van der Waals surface area contributed by atoms with Crippen molar-refractivity contribution in [3.05, 3.63) is 36.4 Å². The molecule has 1 aromatic rings. The molecule has 0 spiro atoms. The highest BCUT2D eigenvalue weighted by Gasteiger charge is 2.33. The molecule has 0 N–H and O–H groups in total. The summed E-state index contributed by atoms with van der Waals surface area (Å²) in [5.74, 6) is 0. The van der Waals surface area contributed by atoms with E-state index >= 15 is 0 Å². The summed E-state index contributed by atoms with van der Waals surface area (Å²) in [7, 11) is 2.29. The minimum absolute atomic E-state index is 0.962. The topological polar surface area (TPSA) is 3.24 Å². The molecule has 1 heteroatoms. The molecule has 0 saturated carbocycles. The van der Waals surface area contributed by atoms with Crippen molar-refractivity contribution >= 4 is 0 Å². The lowest BCUT2D eigenvalue weighted by Crippen LogP contribution is -2.35. The van der Waals surface area contributed by atoms with Crippen LogP contribution in [0.5, 0.6) is 0 Å². The zero-order valence-electron chi connectivity index (χ0n) is 9.60. The second kappa shape index (κ2) is 5.32. The van der Waals surface area contributed by atoms with Gasteiger partial charge in [-0.15, -0.1) is 0 Å². The standard InChI is InChI=1S/C8H15N.C6H6/c1-9-7-3-2-4-8(9)6-5-7;1-2-4-6-5-3-1/h7-8H,2-6H2,1H3;1-6H/t7-,8+;. The lowest BCUT2D eigenvalue weighted by Gasteiger charge is -2.30. The highest BCUT2D eigenvalue weighted by molar-refractivity contribution is 4.99. The Hall–Kier alpha value is -0.820. The fourth-order valence-electron chi connectivity index (χ4n) is 2.76. The molecular formula is C14H21N. The van der Waals surface area contributed by atoms with Gasteiger partial charge in [0, 0.05) is 12.1 Å². The van der Waals surface area contributed by atoms with Crippen LogP contribution in [0.4, 0.5) is 0 Å². The van der Waals surface area contributed by atoms with Crippen LogP contribution in [0.1, 0.15) is 32.1 Å². The van der Waals surface area contributed by atoms with Gasteiger partial charge in [-0.2, -0.15) is 0 Å². The van der Waals surface area contributed by atoms with E-state index in [1.807, 2.05) is 36.4 Å². The first kappa shape index (κ1) is 10.7. The van der Waals surface area contributed by atoms with Crippen LogP contribution in [-0.4, -0.2) is 24.0 Å².